The maximum atomic E-state index is 10.5. The number of carbonyl (C=O) groups is 1. The number of aliphatic carboxylic acids is 1. The minimum absolute atomic E-state index is 0.0126. The molecule has 0 bridgehead atoms. The summed E-state index contributed by atoms with van der Waals surface area (Å²) in [5.74, 6) is -1.59. The number of rotatable bonds is 6. The summed E-state index contributed by atoms with van der Waals surface area (Å²) in [7, 11) is 0. The first-order valence-electron chi connectivity index (χ1n) is 4.45. The quantitative estimate of drug-likeness (QED) is 0.505. The first kappa shape index (κ1) is 11.7. The van der Waals surface area contributed by atoms with Gasteiger partial charge in [-0.05, 0) is 6.42 Å². The highest BCUT2D eigenvalue weighted by atomic mass is 16.4. The van der Waals surface area contributed by atoms with Crippen LogP contribution in [0, 0.1) is 17.2 Å². The summed E-state index contributed by atoms with van der Waals surface area (Å²) in [5, 5.41) is 17.3. The smallest absolute Gasteiger partial charge is 0.332 e. The van der Waals surface area contributed by atoms with Crippen molar-refractivity contribution in [3.63, 3.8) is 0 Å². The Morgan fingerprint density at radius 1 is 1.62 bits per heavy atom. The van der Waals surface area contributed by atoms with Gasteiger partial charge < -0.3 is 5.11 Å². The minimum Gasteiger partial charge on any atom is -0.478 e. The second-order valence-corrected chi connectivity index (χ2v) is 3.01. The fourth-order valence-corrected chi connectivity index (χ4v) is 1.06. The van der Waals surface area contributed by atoms with Gasteiger partial charge in [-0.15, -0.1) is 0 Å². The van der Waals surface area contributed by atoms with Gasteiger partial charge in [-0.3, -0.25) is 0 Å². The monoisotopic (exact) mass is 181 g/mol. The van der Waals surface area contributed by atoms with Crippen molar-refractivity contribution in [2.75, 3.05) is 0 Å². The third kappa shape index (κ3) is 4.32. The van der Waals surface area contributed by atoms with E-state index in [0.717, 1.165) is 19.3 Å². The van der Waals surface area contributed by atoms with Gasteiger partial charge in [-0.25, -0.2) is 4.79 Å². The molecule has 72 valence electrons. The van der Waals surface area contributed by atoms with Crippen molar-refractivity contribution in [1.82, 2.24) is 0 Å². The van der Waals surface area contributed by atoms with Gasteiger partial charge in [0.25, 0.3) is 0 Å². The summed E-state index contributed by atoms with van der Waals surface area (Å²) in [6, 6.07) is 1.96. The molecule has 3 nitrogen and oxygen atoms in total. The number of unbranched alkanes of at least 4 members (excludes halogenated alkanes) is 2. The minimum atomic E-state index is -1.07. The van der Waals surface area contributed by atoms with Crippen molar-refractivity contribution in [2.45, 2.75) is 32.6 Å². The highest BCUT2D eigenvalue weighted by Crippen LogP contribution is 2.16. The van der Waals surface area contributed by atoms with Crippen molar-refractivity contribution < 1.29 is 9.90 Å². The van der Waals surface area contributed by atoms with E-state index in [2.05, 4.69) is 13.5 Å². The number of hydrogen-bond donors (Lipinski definition) is 1. The van der Waals surface area contributed by atoms with E-state index in [1.54, 1.807) is 0 Å². The number of carboxylic acid groups (broad SMARTS) is 1. The summed E-state index contributed by atoms with van der Waals surface area (Å²) < 4.78 is 0. The first-order valence-corrected chi connectivity index (χ1v) is 4.45. The van der Waals surface area contributed by atoms with Crippen LogP contribution in [0.4, 0.5) is 0 Å². The zero-order valence-corrected chi connectivity index (χ0v) is 7.92. The molecule has 0 saturated heterocycles. The molecule has 0 heterocycles. The van der Waals surface area contributed by atoms with Gasteiger partial charge in [0.15, 0.2) is 0 Å². The molecule has 0 aliphatic heterocycles. The van der Waals surface area contributed by atoms with Crippen molar-refractivity contribution in [1.29, 1.82) is 5.26 Å². The van der Waals surface area contributed by atoms with E-state index >= 15 is 0 Å². The molecule has 0 aromatic rings. The average Bonchev–Trinajstić information content (AvgIpc) is 2.11. The maximum Gasteiger partial charge on any atom is 0.332 e. The molecule has 0 fully saturated rings. The van der Waals surface area contributed by atoms with Crippen LogP contribution in [-0.4, -0.2) is 11.1 Å². The fourth-order valence-electron chi connectivity index (χ4n) is 1.06. The van der Waals surface area contributed by atoms with Crippen LogP contribution in [0.25, 0.3) is 0 Å². The molecule has 0 radical (unpaired) electrons. The summed E-state index contributed by atoms with van der Waals surface area (Å²) in [6.07, 6.45) is 3.60. The molecule has 1 unspecified atom stereocenters. The van der Waals surface area contributed by atoms with Gasteiger partial charge in [-0.1, -0.05) is 32.8 Å². The van der Waals surface area contributed by atoms with Crippen molar-refractivity contribution in [2.24, 2.45) is 5.92 Å². The first-order chi connectivity index (χ1) is 6.13. The summed E-state index contributed by atoms with van der Waals surface area (Å²) in [6.45, 7) is 5.44. The molecular formula is C10H15NO2. The zero-order chi connectivity index (χ0) is 10.3. The molecule has 1 atom stereocenters. The lowest BCUT2D eigenvalue weighted by molar-refractivity contribution is -0.133. The molecule has 0 aromatic carbocycles. The second-order valence-electron chi connectivity index (χ2n) is 3.01. The lowest BCUT2D eigenvalue weighted by atomic mass is 9.95. The van der Waals surface area contributed by atoms with Crippen LogP contribution in [0.2, 0.25) is 0 Å². The van der Waals surface area contributed by atoms with E-state index in [0.29, 0.717) is 6.42 Å². The second kappa shape index (κ2) is 6.24. The van der Waals surface area contributed by atoms with Crippen molar-refractivity contribution in [3.8, 4) is 6.07 Å². The lowest BCUT2D eigenvalue weighted by Crippen LogP contribution is -2.09. The topological polar surface area (TPSA) is 61.1 Å². The van der Waals surface area contributed by atoms with Crippen molar-refractivity contribution >= 4 is 5.97 Å². The van der Waals surface area contributed by atoms with Crippen LogP contribution >= 0.6 is 0 Å². The fraction of sp³-hybridized carbons (Fsp3) is 0.600. The number of hydrogen-bond acceptors (Lipinski definition) is 2. The Morgan fingerprint density at radius 2 is 2.23 bits per heavy atom. The highest BCUT2D eigenvalue weighted by Gasteiger charge is 2.16. The summed E-state index contributed by atoms with van der Waals surface area (Å²) in [4.78, 5) is 10.5. The Kier molecular flexibility index (Phi) is 5.62. The SMILES string of the molecule is C=C(C(=O)O)C(C#N)CCCCC. The molecule has 0 aliphatic carbocycles. The Hall–Kier alpha value is -1.30. The molecule has 0 spiro atoms. The molecular weight excluding hydrogens is 166 g/mol. The number of nitrogens with zero attached hydrogens (tertiary/aromatic N) is 1. The van der Waals surface area contributed by atoms with Crippen molar-refractivity contribution in [3.05, 3.63) is 12.2 Å². The average molecular weight is 181 g/mol. The van der Waals surface area contributed by atoms with E-state index in [1.165, 1.54) is 0 Å². The van der Waals surface area contributed by atoms with Gasteiger partial charge in [0.05, 0.1) is 12.0 Å². The lowest BCUT2D eigenvalue weighted by Gasteiger charge is -2.07. The van der Waals surface area contributed by atoms with Crippen LogP contribution in [0.5, 0.6) is 0 Å². The Morgan fingerprint density at radius 3 is 2.62 bits per heavy atom. The maximum absolute atomic E-state index is 10.5. The van der Waals surface area contributed by atoms with Gasteiger partial charge >= 0.3 is 5.97 Å². The van der Waals surface area contributed by atoms with Gasteiger partial charge in [-0.2, -0.15) is 5.26 Å². The third-order valence-electron chi connectivity index (χ3n) is 1.95. The highest BCUT2D eigenvalue weighted by molar-refractivity contribution is 5.86. The van der Waals surface area contributed by atoms with Crippen LogP contribution < -0.4 is 0 Å². The van der Waals surface area contributed by atoms with Gasteiger partial charge in [0, 0.05) is 5.57 Å². The van der Waals surface area contributed by atoms with E-state index in [1.807, 2.05) is 6.07 Å². The summed E-state index contributed by atoms with van der Waals surface area (Å²) in [5.41, 5.74) is 0.0126. The molecule has 0 aromatic heterocycles. The molecule has 0 aliphatic rings. The summed E-state index contributed by atoms with van der Waals surface area (Å²) >= 11 is 0. The van der Waals surface area contributed by atoms with Crippen LogP contribution in [0.3, 0.4) is 0 Å². The predicted molar refractivity (Wildman–Crippen MR) is 50.0 cm³/mol. The molecule has 0 saturated carbocycles. The third-order valence-corrected chi connectivity index (χ3v) is 1.95. The largest absolute Gasteiger partial charge is 0.478 e. The normalized spacial score (nSPS) is 11.7. The van der Waals surface area contributed by atoms with Crippen LogP contribution in [0.1, 0.15) is 32.6 Å². The van der Waals surface area contributed by atoms with Crippen LogP contribution in [0.15, 0.2) is 12.2 Å². The van der Waals surface area contributed by atoms with E-state index < -0.39 is 11.9 Å². The molecule has 0 rings (SSSR count). The van der Waals surface area contributed by atoms with E-state index in [9.17, 15) is 4.79 Å². The number of nitriles is 1. The van der Waals surface area contributed by atoms with E-state index in [4.69, 9.17) is 10.4 Å². The number of carboxylic acids is 1. The van der Waals surface area contributed by atoms with Crippen LogP contribution in [-0.2, 0) is 4.79 Å². The Labute approximate surface area is 78.7 Å². The molecule has 0 amide bonds. The molecule has 3 heteroatoms. The van der Waals surface area contributed by atoms with Gasteiger partial charge in [0.2, 0.25) is 0 Å². The zero-order valence-electron chi connectivity index (χ0n) is 7.92. The van der Waals surface area contributed by atoms with Gasteiger partial charge in [0.1, 0.15) is 0 Å². The Bertz CT molecular complexity index is 228. The van der Waals surface area contributed by atoms with E-state index in [-0.39, 0.29) is 5.57 Å². The Balaban J connectivity index is 3.98. The predicted octanol–water partition coefficient (Wildman–Crippen LogP) is 2.35. The molecule has 13 heavy (non-hydrogen) atoms. The standard InChI is InChI=1S/C10H15NO2/c1-3-4-5-6-9(7-11)8(2)10(12)13/h9H,2-6H2,1H3,(H,12,13). The molecule has 1 N–H and O–H groups in total.